The Morgan fingerprint density at radius 3 is 3.62 bits per heavy atom. The number of Topliss-reactive ketones (excluding diaryl/α,β-unsaturated/α-hetero) is 1. The van der Waals surface area contributed by atoms with Crippen LogP contribution in [0.1, 0.15) is 22.3 Å². The van der Waals surface area contributed by atoms with E-state index in [9.17, 15) is 4.79 Å². The zero-order valence-corrected chi connectivity index (χ0v) is 5.28. The molecule has 0 amide bonds. The van der Waals surface area contributed by atoms with Crippen molar-refractivity contribution in [2.75, 3.05) is 6.56 Å². The smallest absolute Gasteiger partial charge is 0.138 e. The summed E-state index contributed by atoms with van der Waals surface area (Å²) in [5.41, 5.74) is 0. The highest BCUT2D eigenvalue weighted by Gasteiger charge is 2.15. The van der Waals surface area contributed by atoms with E-state index in [0.717, 1.165) is 0 Å². The summed E-state index contributed by atoms with van der Waals surface area (Å²) in [4.78, 5) is 8.75. The fraction of sp³-hybridized carbons (Fsp3) is 0.800. The van der Waals surface area contributed by atoms with Gasteiger partial charge in [0.15, 0.2) is 0 Å². The summed E-state index contributed by atoms with van der Waals surface area (Å²) in [7, 11) is 0. The van der Waals surface area contributed by atoms with Gasteiger partial charge in [-0.05, 0) is 0 Å². The van der Waals surface area contributed by atoms with Crippen LogP contribution in [0.2, 0.25) is 0 Å². The molecule has 3 heteroatoms. The second kappa shape index (κ2) is 2.60. The SMILES string of the molecule is [2H]C1([2H])OC([2H])(Br)C([2H])([2H])C(=O)C1([2H])[2H]. The fourth-order valence-electron chi connectivity index (χ4n) is 0.263. The third kappa shape index (κ3) is 1.56. The summed E-state index contributed by atoms with van der Waals surface area (Å²) in [6, 6.07) is 0. The van der Waals surface area contributed by atoms with Gasteiger partial charge in [0.05, 0.1) is 10.7 Å². The first kappa shape index (κ1) is 1.80. The maximum absolute atomic E-state index is 11.4. The summed E-state index contributed by atoms with van der Waals surface area (Å²) in [5.74, 6) is -1.65. The molecule has 1 fully saturated rings. The molecule has 1 unspecified atom stereocenters. The summed E-state index contributed by atoms with van der Waals surface area (Å²) in [6.45, 7) is -3.05. The normalized spacial score (nSPS) is 71.6. The lowest BCUT2D eigenvalue weighted by molar-refractivity contribution is -0.125. The zero-order chi connectivity index (χ0) is 12.3. The first-order valence-electron chi connectivity index (χ1n) is 5.30. The van der Waals surface area contributed by atoms with Crippen molar-refractivity contribution in [3.63, 3.8) is 0 Å². The first-order chi connectivity index (χ1) is 6.36. The zero-order valence-electron chi connectivity index (χ0n) is 10.7. The molecular weight excluding hydrogens is 172 g/mol. The Morgan fingerprint density at radius 2 is 2.88 bits per heavy atom. The molecule has 0 aromatic heterocycles. The molecule has 0 N–H and O–H groups in total. The molecule has 1 aliphatic heterocycles. The second-order valence-corrected chi connectivity index (χ2v) is 1.78. The van der Waals surface area contributed by atoms with Gasteiger partial charge in [0.2, 0.25) is 0 Å². The highest BCUT2D eigenvalue weighted by molar-refractivity contribution is 9.09. The van der Waals surface area contributed by atoms with Gasteiger partial charge in [-0.2, -0.15) is 0 Å². The molecule has 0 aromatic carbocycles. The average Bonchev–Trinajstić information content (AvgIpc) is 1.98. The van der Waals surface area contributed by atoms with E-state index < -0.39 is 30.1 Å². The van der Waals surface area contributed by atoms with Gasteiger partial charge >= 0.3 is 0 Å². The van der Waals surface area contributed by atoms with Crippen molar-refractivity contribution >= 4 is 21.7 Å². The number of hydrogen-bond donors (Lipinski definition) is 0. The lowest BCUT2D eigenvalue weighted by Gasteiger charge is -2.14. The molecule has 0 saturated carbocycles. The quantitative estimate of drug-likeness (QED) is 0.529. The van der Waals surface area contributed by atoms with Gasteiger partial charge in [0.1, 0.15) is 10.8 Å². The number of carbonyl (C=O) groups excluding carboxylic acids is 1. The molecule has 1 heterocycles. The topological polar surface area (TPSA) is 26.3 Å². The summed E-state index contributed by atoms with van der Waals surface area (Å²) >= 11 is 2.42. The molecule has 0 aromatic rings. The molecule has 0 radical (unpaired) electrons. The van der Waals surface area contributed by atoms with Crippen LogP contribution < -0.4 is 0 Å². The summed E-state index contributed by atoms with van der Waals surface area (Å²) in [6.07, 6.45) is -6.10. The minimum absolute atomic E-state index is 1.65. The molecule has 1 saturated heterocycles. The lowest BCUT2D eigenvalue weighted by Crippen LogP contribution is -2.20. The van der Waals surface area contributed by atoms with Gasteiger partial charge < -0.3 is 4.74 Å². The van der Waals surface area contributed by atoms with Crippen molar-refractivity contribution in [2.45, 2.75) is 17.7 Å². The van der Waals surface area contributed by atoms with Crippen LogP contribution in [0.4, 0.5) is 0 Å². The van der Waals surface area contributed by atoms with Gasteiger partial charge in [-0.25, -0.2) is 0 Å². The number of ketones is 1. The van der Waals surface area contributed by atoms with E-state index in [0.29, 0.717) is 0 Å². The van der Waals surface area contributed by atoms with E-state index >= 15 is 0 Å². The first-order valence-corrected chi connectivity index (χ1v) is 2.59. The standard InChI is InChI=1S/C5H7BrO2/c6-5-3-4(7)1-2-8-5/h5H,1-3H2/i1D2,2D2,3D2,5D. The van der Waals surface area contributed by atoms with Gasteiger partial charge in [-0.15, -0.1) is 0 Å². The van der Waals surface area contributed by atoms with Gasteiger partial charge in [-0.3, -0.25) is 4.79 Å². The van der Waals surface area contributed by atoms with Crippen molar-refractivity contribution in [3.05, 3.63) is 0 Å². The molecular formula is C5H7BrO2. The highest BCUT2D eigenvalue weighted by Crippen LogP contribution is 2.13. The largest absolute Gasteiger partial charge is 0.366 e. The van der Waals surface area contributed by atoms with Crippen molar-refractivity contribution < 1.29 is 19.1 Å². The van der Waals surface area contributed by atoms with Crippen LogP contribution in [-0.2, 0) is 9.53 Å². The van der Waals surface area contributed by atoms with Crippen molar-refractivity contribution in [1.29, 1.82) is 0 Å². The Labute approximate surface area is 66.2 Å². The molecule has 0 spiro atoms. The molecule has 46 valence electrons. The lowest BCUT2D eigenvalue weighted by atomic mass is 10.2. The molecule has 8 heavy (non-hydrogen) atoms. The Kier molecular flexibility index (Phi) is 0.583. The highest BCUT2D eigenvalue weighted by atomic mass is 79.9. The van der Waals surface area contributed by atoms with Crippen LogP contribution in [0.25, 0.3) is 0 Å². The maximum Gasteiger partial charge on any atom is 0.138 e. The second-order valence-electron chi connectivity index (χ2n) is 1.06. The minimum atomic E-state index is -3.13. The van der Waals surface area contributed by atoms with Crippen molar-refractivity contribution in [2.24, 2.45) is 0 Å². The van der Waals surface area contributed by atoms with E-state index in [2.05, 4.69) is 20.7 Å². The third-order valence-corrected chi connectivity index (χ3v) is 0.877. The predicted molar refractivity (Wildman–Crippen MR) is 32.9 cm³/mol. The maximum atomic E-state index is 11.4. The van der Waals surface area contributed by atoms with Crippen LogP contribution in [0.3, 0.4) is 0 Å². The number of rotatable bonds is 0. The van der Waals surface area contributed by atoms with E-state index in [-0.39, 0.29) is 0 Å². The number of hydrogen-bond acceptors (Lipinski definition) is 2. The Balaban J connectivity index is 3.31. The van der Waals surface area contributed by atoms with Crippen LogP contribution >= 0.6 is 15.9 Å². The number of carbonyl (C=O) groups is 1. The summed E-state index contributed by atoms with van der Waals surface area (Å²) < 4.78 is 54.6. The fourth-order valence-corrected chi connectivity index (χ4v) is 0.524. The minimum Gasteiger partial charge on any atom is -0.366 e. The molecule has 1 aliphatic rings. The Bertz CT molecular complexity index is 285. The van der Waals surface area contributed by atoms with Crippen LogP contribution in [-0.4, -0.2) is 17.3 Å². The average molecular weight is 186 g/mol. The van der Waals surface area contributed by atoms with E-state index in [1.807, 2.05) is 0 Å². The van der Waals surface area contributed by atoms with E-state index in [1.54, 1.807) is 0 Å². The Morgan fingerprint density at radius 1 is 2.12 bits per heavy atom. The Hall–Kier alpha value is 0.110. The van der Waals surface area contributed by atoms with E-state index in [4.69, 9.17) is 9.60 Å². The van der Waals surface area contributed by atoms with E-state index in [1.165, 1.54) is 0 Å². The van der Waals surface area contributed by atoms with Crippen molar-refractivity contribution in [3.8, 4) is 0 Å². The van der Waals surface area contributed by atoms with Crippen LogP contribution in [0.15, 0.2) is 0 Å². The number of ether oxygens (including phenoxy) is 1. The molecule has 2 nitrogen and oxygen atoms in total. The van der Waals surface area contributed by atoms with Gasteiger partial charge in [-0.1, -0.05) is 15.9 Å². The molecule has 0 bridgehead atoms. The molecule has 0 aliphatic carbocycles. The summed E-state index contributed by atoms with van der Waals surface area (Å²) in [5, 5.41) is 0. The molecule has 1 atom stereocenters. The number of halogens is 1. The molecule has 1 rings (SSSR count). The van der Waals surface area contributed by atoms with Crippen molar-refractivity contribution in [1.82, 2.24) is 0 Å². The van der Waals surface area contributed by atoms with Gasteiger partial charge in [0.25, 0.3) is 0 Å². The number of alkyl halides is 1. The third-order valence-electron chi connectivity index (χ3n) is 0.517. The van der Waals surface area contributed by atoms with Gasteiger partial charge in [0, 0.05) is 18.2 Å². The predicted octanol–water partition coefficient (Wildman–Crippen LogP) is 1.09. The van der Waals surface area contributed by atoms with Crippen LogP contribution in [0, 0.1) is 0 Å². The monoisotopic (exact) mass is 185 g/mol. The van der Waals surface area contributed by atoms with Crippen LogP contribution in [0.5, 0.6) is 0 Å².